The second-order valence-electron chi connectivity index (χ2n) is 6.37. The number of anilines is 1. The van der Waals surface area contributed by atoms with E-state index in [1.807, 2.05) is 18.2 Å². The van der Waals surface area contributed by atoms with Gasteiger partial charge in [-0.25, -0.2) is 0 Å². The van der Waals surface area contributed by atoms with Gasteiger partial charge in [-0.2, -0.15) is 0 Å². The molecule has 6 nitrogen and oxygen atoms in total. The third-order valence-corrected chi connectivity index (χ3v) is 4.33. The highest BCUT2D eigenvalue weighted by atomic mass is 16.6. The van der Waals surface area contributed by atoms with Crippen LogP contribution in [-0.2, 0) is 16.0 Å². The Morgan fingerprint density at radius 1 is 1.04 bits per heavy atom. The fourth-order valence-electron chi connectivity index (χ4n) is 2.95. The van der Waals surface area contributed by atoms with Crippen molar-refractivity contribution in [2.24, 2.45) is 0 Å². The molecule has 1 aliphatic heterocycles. The molecule has 1 aliphatic rings. The van der Waals surface area contributed by atoms with Gasteiger partial charge in [0.25, 0.3) is 0 Å². The Kier molecular flexibility index (Phi) is 6.30. The fourth-order valence-corrected chi connectivity index (χ4v) is 2.95. The van der Waals surface area contributed by atoms with E-state index in [-0.39, 0.29) is 18.4 Å². The molecule has 3 rings (SSSR count). The summed E-state index contributed by atoms with van der Waals surface area (Å²) in [7, 11) is 0. The van der Waals surface area contributed by atoms with Crippen LogP contribution >= 0.6 is 0 Å². The van der Waals surface area contributed by atoms with E-state index in [1.165, 1.54) is 17.4 Å². The summed E-state index contributed by atoms with van der Waals surface area (Å²) in [6.45, 7) is 2.97. The molecule has 2 aromatic carbocycles. The minimum absolute atomic E-state index is 0.0275. The van der Waals surface area contributed by atoms with Gasteiger partial charge in [0.1, 0.15) is 19.8 Å². The van der Waals surface area contributed by atoms with E-state index in [0.29, 0.717) is 36.9 Å². The first kappa shape index (κ1) is 18.8. The number of carbonyl (C=O) groups is 2. The summed E-state index contributed by atoms with van der Waals surface area (Å²) in [6.07, 6.45) is 1.75. The Labute approximate surface area is 159 Å². The maximum absolute atomic E-state index is 12.3. The van der Waals surface area contributed by atoms with E-state index in [9.17, 15) is 9.59 Å². The summed E-state index contributed by atoms with van der Waals surface area (Å²) < 4.78 is 11.1. The molecule has 0 atom stereocenters. The molecule has 27 heavy (non-hydrogen) atoms. The highest BCUT2D eigenvalue weighted by molar-refractivity contribution is 5.97. The predicted molar refractivity (Wildman–Crippen MR) is 103 cm³/mol. The van der Waals surface area contributed by atoms with Crippen LogP contribution in [0.4, 0.5) is 5.69 Å². The van der Waals surface area contributed by atoms with Gasteiger partial charge in [-0.3, -0.25) is 9.59 Å². The number of nitrogens with zero attached hydrogens (tertiary/aromatic N) is 1. The van der Waals surface area contributed by atoms with Gasteiger partial charge in [-0.05, 0) is 30.5 Å². The topological polar surface area (TPSA) is 67.9 Å². The lowest BCUT2D eigenvalue weighted by molar-refractivity contribution is -0.123. The Balaban J connectivity index is 1.53. The van der Waals surface area contributed by atoms with Crippen molar-refractivity contribution in [3.63, 3.8) is 0 Å². The zero-order valence-electron chi connectivity index (χ0n) is 15.4. The van der Waals surface area contributed by atoms with Crippen LogP contribution in [0.2, 0.25) is 0 Å². The van der Waals surface area contributed by atoms with Crippen molar-refractivity contribution in [2.75, 3.05) is 31.2 Å². The van der Waals surface area contributed by atoms with E-state index in [2.05, 4.69) is 17.4 Å². The molecular formula is C21H24N2O4. The van der Waals surface area contributed by atoms with Crippen molar-refractivity contribution in [1.29, 1.82) is 0 Å². The SMILES string of the molecule is CC(=O)N(CC(=O)NCCCc1ccccc1)c1ccc2c(c1)OCCO2. The molecule has 0 aromatic heterocycles. The van der Waals surface area contributed by atoms with Crippen molar-refractivity contribution in [3.05, 3.63) is 54.1 Å². The van der Waals surface area contributed by atoms with Crippen LogP contribution in [0.3, 0.4) is 0 Å². The number of hydrogen-bond acceptors (Lipinski definition) is 4. The Morgan fingerprint density at radius 2 is 1.78 bits per heavy atom. The monoisotopic (exact) mass is 368 g/mol. The molecule has 0 fully saturated rings. The Bertz CT molecular complexity index is 792. The summed E-state index contributed by atoms with van der Waals surface area (Å²) >= 11 is 0. The van der Waals surface area contributed by atoms with Crippen LogP contribution in [-0.4, -0.2) is 38.1 Å². The van der Waals surface area contributed by atoms with Crippen molar-refractivity contribution >= 4 is 17.5 Å². The van der Waals surface area contributed by atoms with Crippen LogP contribution in [0.15, 0.2) is 48.5 Å². The Morgan fingerprint density at radius 3 is 2.52 bits per heavy atom. The molecule has 0 unspecified atom stereocenters. The molecule has 0 aliphatic carbocycles. The molecular weight excluding hydrogens is 344 g/mol. The van der Waals surface area contributed by atoms with E-state index in [4.69, 9.17) is 9.47 Å². The minimum atomic E-state index is -0.203. The van der Waals surface area contributed by atoms with Gasteiger partial charge in [-0.15, -0.1) is 0 Å². The zero-order chi connectivity index (χ0) is 19.1. The third-order valence-electron chi connectivity index (χ3n) is 4.33. The first-order valence-electron chi connectivity index (χ1n) is 9.12. The second kappa shape index (κ2) is 9.07. The molecule has 0 radical (unpaired) electrons. The van der Waals surface area contributed by atoms with E-state index in [1.54, 1.807) is 18.2 Å². The van der Waals surface area contributed by atoms with Crippen molar-refractivity contribution < 1.29 is 19.1 Å². The third kappa shape index (κ3) is 5.23. The van der Waals surface area contributed by atoms with E-state index in [0.717, 1.165) is 12.8 Å². The first-order chi connectivity index (χ1) is 13.1. The van der Waals surface area contributed by atoms with Crippen LogP contribution in [0.1, 0.15) is 18.9 Å². The number of fused-ring (bicyclic) bond motifs is 1. The van der Waals surface area contributed by atoms with Crippen molar-refractivity contribution in [3.8, 4) is 11.5 Å². The normalized spacial score (nSPS) is 12.3. The lowest BCUT2D eigenvalue weighted by Gasteiger charge is -2.24. The van der Waals surface area contributed by atoms with Crippen LogP contribution < -0.4 is 19.7 Å². The van der Waals surface area contributed by atoms with Gasteiger partial charge in [0.15, 0.2) is 11.5 Å². The smallest absolute Gasteiger partial charge is 0.240 e. The molecule has 1 N–H and O–H groups in total. The standard InChI is InChI=1S/C21H24N2O4/c1-16(24)23(18-9-10-19-20(14-18)27-13-12-26-19)15-21(25)22-11-5-8-17-6-3-2-4-7-17/h2-4,6-7,9-10,14H,5,8,11-13,15H2,1H3,(H,22,25). The van der Waals surface area contributed by atoms with Gasteiger partial charge in [0.05, 0.1) is 0 Å². The number of aryl methyl sites for hydroxylation is 1. The van der Waals surface area contributed by atoms with Gasteiger partial charge in [-0.1, -0.05) is 30.3 Å². The van der Waals surface area contributed by atoms with Gasteiger partial charge < -0.3 is 19.7 Å². The zero-order valence-corrected chi connectivity index (χ0v) is 15.4. The van der Waals surface area contributed by atoms with Crippen LogP contribution in [0, 0.1) is 0 Å². The maximum Gasteiger partial charge on any atom is 0.240 e. The molecule has 6 heteroatoms. The summed E-state index contributed by atoms with van der Waals surface area (Å²) in [5.74, 6) is 0.853. The molecule has 2 amide bonds. The number of amides is 2. The maximum atomic E-state index is 12.3. The average Bonchev–Trinajstić information content (AvgIpc) is 2.69. The largest absolute Gasteiger partial charge is 0.486 e. The number of hydrogen-bond donors (Lipinski definition) is 1. The predicted octanol–water partition coefficient (Wildman–Crippen LogP) is 2.56. The first-order valence-corrected chi connectivity index (χ1v) is 9.12. The quantitative estimate of drug-likeness (QED) is 0.763. The number of carbonyl (C=O) groups excluding carboxylic acids is 2. The molecule has 1 heterocycles. The molecule has 0 spiro atoms. The number of benzene rings is 2. The van der Waals surface area contributed by atoms with Gasteiger partial charge in [0.2, 0.25) is 11.8 Å². The van der Waals surface area contributed by atoms with E-state index >= 15 is 0 Å². The van der Waals surface area contributed by atoms with Crippen LogP contribution in [0.5, 0.6) is 11.5 Å². The van der Waals surface area contributed by atoms with Gasteiger partial charge >= 0.3 is 0 Å². The highest BCUT2D eigenvalue weighted by Gasteiger charge is 2.19. The summed E-state index contributed by atoms with van der Waals surface area (Å²) in [5.41, 5.74) is 1.86. The summed E-state index contributed by atoms with van der Waals surface area (Å²) in [5, 5.41) is 2.88. The lowest BCUT2D eigenvalue weighted by Crippen LogP contribution is -2.40. The van der Waals surface area contributed by atoms with Crippen LogP contribution in [0.25, 0.3) is 0 Å². The molecule has 142 valence electrons. The molecule has 2 aromatic rings. The lowest BCUT2D eigenvalue weighted by atomic mass is 10.1. The van der Waals surface area contributed by atoms with E-state index < -0.39 is 0 Å². The average molecular weight is 368 g/mol. The number of nitrogens with one attached hydrogen (secondary N) is 1. The van der Waals surface area contributed by atoms with Crippen molar-refractivity contribution in [2.45, 2.75) is 19.8 Å². The summed E-state index contributed by atoms with van der Waals surface area (Å²) in [4.78, 5) is 25.7. The minimum Gasteiger partial charge on any atom is -0.486 e. The number of ether oxygens (including phenoxy) is 2. The summed E-state index contributed by atoms with van der Waals surface area (Å²) in [6, 6.07) is 15.4. The highest BCUT2D eigenvalue weighted by Crippen LogP contribution is 2.34. The van der Waals surface area contributed by atoms with Crippen molar-refractivity contribution in [1.82, 2.24) is 5.32 Å². The Hall–Kier alpha value is -3.02. The molecule has 0 saturated heterocycles. The molecule has 0 saturated carbocycles. The van der Waals surface area contributed by atoms with Gasteiger partial charge in [0, 0.05) is 25.2 Å². The molecule has 0 bridgehead atoms. The number of rotatable bonds is 7. The second-order valence-corrected chi connectivity index (χ2v) is 6.37. The fraction of sp³-hybridized carbons (Fsp3) is 0.333.